The molecular formula is C22H19N3O. The minimum atomic E-state index is -0.332. The Morgan fingerprint density at radius 3 is 2.19 bits per heavy atom. The van der Waals surface area contributed by atoms with Gasteiger partial charge in [0.1, 0.15) is 11.9 Å². The van der Waals surface area contributed by atoms with E-state index < -0.39 is 0 Å². The quantitative estimate of drug-likeness (QED) is 0.603. The van der Waals surface area contributed by atoms with Crippen molar-refractivity contribution >= 4 is 16.9 Å². The van der Waals surface area contributed by atoms with E-state index in [9.17, 15) is 4.79 Å². The van der Waals surface area contributed by atoms with Crippen LogP contribution in [-0.2, 0) is 4.79 Å². The molecule has 4 aromatic rings. The third-order valence-corrected chi connectivity index (χ3v) is 4.34. The molecule has 0 bridgehead atoms. The van der Waals surface area contributed by atoms with Gasteiger partial charge in [-0.15, -0.1) is 0 Å². The third kappa shape index (κ3) is 2.97. The lowest BCUT2D eigenvalue weighted by molar-refractivity contribution is -0.119. The molecule has 26 heavy (non-hydrogen) atoms. The van der Waals surface area contributed by atoms with E-state index in [1.54, 1.807) is 0 Å². The predicted molar refractivity (Wildman–Crippen MR) is 103 cm³/mol. The number of nitrogens with one attached hydrogen (secondary N) is 1. The highest BCUT2D eigenvalue weighted by Gasteiger charge is 2.23. The van der Waals surface area contributed by atoms with Gasteiger partial charge < -0.3 is 5.32 Å². The lowest BCUT2D eigenvalue weighted by Gasteiger charge is -2.20. The van der Waals surface area contributed by atoms with Gasteiger partial charge in [-0.1, -0.05) is 60.7 Å². The summed E-state index contributed by atoms with van der Waals surface area (Å²) in [6.07, 6.45) is 0. The predicted octanol–water partition coefficient (Wildman–Crippen LogP) is 4.25. The molecule has 0 aliphatic heterocycles. The van der Waals surface area contributed by atoms with E-state index >= 15 is 0 Å². The number of carbonyl (C=O) groups excluding carboxylic acids is 1. The molecule has 0 saturated carbocycles. The summed E-state index contributed by atoms with van der Waals surface area (Å²) in [7, 11) is 0. The Balaban J connectivity index is 1.98. The Labute approximate surface area is 152 Å². The van der Waals surface area contributed by atoms with Crippen LogP contribution in [0.15, 0.2) is 84.9 Å². The molecule has 0 aliphatic rings. The average Bonchev–Trinajstić information content (AvgIpc) is 3.06. The van der Waals surface area contributed by atoms with E-state index in [1.165, 1.54) is 6.92 Å². The van der Waals surface area contributed by atoms with Crippen LogP contribution in [0.5, 0.6) is 0 Å². The van der Waals surface area contributed by atoms with E-state index in [2.05, 4.69) is 16.0 Å². The monoisotopic (exact) mass is 341 g/mol. The van der Waals surface area contributed by atoms with Crippen LogP contribution < -0.4 is 5.32 Å². The first-order valence-corrected chi connectivity index (χ1v) is 8.59. The summed E-state index contributed by atoms with van der Waals surface area (Å²) < 4.78 is 2.11. The van der Waals surface area contributed by atoms with Gasteiger partial charge in [-0.2, -0.15) is 0 Å². The summed E-state index contributed by atoms with van der Waals surface area (Å²) in [5.41, 5.74) is 3.93. The van der Waals surface area contributed by atoms with Crippen molar-refractivity contribution in [2.75, 3.05) is 0 Å². The molecule has 1 atom stereocenters. The molecule has 1 heterocycles. The topological polar surface area (TPSA) is 46.9 Å². The van der Waals surface area contributed by atoms with Gasteiger partial charge in [-0.25, -0.2) is 4.98 Å². The molecule has 0 fully saturated rings. The summed E-state index contributed by atoms with van der Waals surface area (Å²) >= 11 is 0. The van der Waals surface area contributed by atoms with Crippen LogP contribution in [0.3, 0.4) is 0 Å². The van der Waals surface area contributed by atoms with Crippen LogP contribution in [0.25, 0.3) is 16.7 Å². The van der Waals surface area contributed by atoms with Gasteiger partial charge in [0.15, 0.2) is 0 Å². The molecule has 0 spiro atoms. The molecule has 128 valence electrons. The van der Waals surface area contributed by atoms with Gasteiger partial charge in [0.25, 0.3) is 0 Å². The minimum Gasteiger partial charge on any atom is -0.342 e. The smallest absolute Gasteiger partial charge is 0.217 e. The van der Waals surface area contributed by atoms with Crippen molar-refractivity contribution in [2.45, 2.75) is 13.0 Å². The van der Waals surface area contributed by atoms with E-state index in [0.717, 1.165) is 28.1 Å². The van der Waals surface area contributed by atoms with E-state index in [1.807, 2.05) is 78.9 Å². The fourth-order valence-corrected chi connectivity index (χ4v) is 3.23. The van der Waals surface area contributed by atoms with Crippen molar-refractivity contribution in [3.63, 3.8) is 0 Å². The lowest BCUT2D eigenvalue weighted by atomic mass is 10.1. The molecule has 1 amide bonds. The Kier molecular flexibility index (Phi) is 4.23. The largest absolute Gasteiger partial charge is 0.342 e. The molecule has 4 heteroatoms. The molecule has 1 aromatic heterocycles. The van der Waals surface area contributed by atoms with Crippen molar-refractivity contribution in [3.8, 4) is 5.69 Å². The Hall–Kier alpha value is -3.40. The first-order valence-electron chi connectivity index (χ1n) is 8.59. The van der Waals surface area contributed by atoms with Crippen LogP contribution in [-0.4, -0.2) is 15.5 Å². The molecule has 3 aromatic carbocycles. The van der Waals surface area contributed by atoms with Crippen molar-refractivity contribution in [3.05, 3.63) is 96.3 Å². The summed E-state index contributed by atoms with van der Waals surface area (Å²) in [6, 6.07) is 27.7. The Morgan fingerprint density at radius 1 is 0.885 bits per heavy atom. The molecular weight excluding hydrogens is 322 g/mol. The summed E-state index contributed by atoms with van der Waals surface area (Å²) in [5.74, 6) is 0.698. The highest BCUT2D eigenvalue weighted by atomic mass is 16.1. The molecule has 0 aliphatic carbocycles. The standard InChI is InChI=1S/C22H19N3O/c1-16(26)23-21(17-10-4-2-5-11-17)22-24-19-14-8-9-15-20(19)25(22)18-12-6-3-7-13-18/h2-15,21H,1H3,(H,23,26). The van der Waals surface area contributed by atoms with Crippen LogP contribution >= 0.6 is 0 Å². The minimum absolute atomic E-state index is 0.0921. The maximum atomic E-state index is 11.9. The van der Waals surface area contributed by atoms with E-state index in [4.69, 9.17) is 4.98 Å². The zero-order valence-corrected chi connectivity index (χ0v) is 14.5. The van der Waals surface area contributed by atoms with Gasteiger partial charge in [-0.3, -0.25) is 9.36 Å². The third-order valence-electron chi connectivity index (χ3n) is 4.34. The number of carbonyl (C=O) groups is 1. The maximum Gasteiger partial charge on any atom is 0.217 e. The maximum absolute atomic E-state index is 11.9. The normalized spacial score (nSPS) is 12.0. The second-order valence-electron chi connectivity index (χ2n) is 6.17. The first kappa shape index (κ1) is 16.1. The second kappa shape index (κ2) is 6.84. The summed E-state index contributed by atoms with van der Waals surface area (Å²) in [4.78, 5) is 16.8. The highest BCUT2D eigenvalue weighted by molar-refractivity contribution is 5.79. The van der Waals surface area contributed by atoms with Crippen molar-refractivity contribution < 1.29 is 4.79 Å². The lowest BCUT2D eigenvalue weighted by Crippen LogP contribution is -2.29. The molecule has 1 N–H and O–H groups in total. The highest BCUT2D eigenvalue weighted by Crippen LogP contribution is 2.29. The van der Waals surface area contributed by atoms with Gasteiger partial charge in [0.05, 0.1) is 11.0 Å². The van der Waals surface area contributed by atoms with E-state index in [-0.39, 0.29) is 11.9 Å². The second-order valence-corrected chi connectivity index (χ2v) is 6.17. The number of imidazole rings is 1. The number of hydrogen-bond acceptors (Lipinski definition) is 2. The van der Waals surface area contributed by atoms with Crippen LogP contribution in [0.2, 0.25) is 0 Å². The number of nitrogens with zero attached hydrogens (tertiary/aromatic N) is 2. The number of amides is 1. The van der Waals surface area contributed by atoms with E-state index in [0.29, 0.717) is 0 Å². The zero-order chi connectivity index (χ0) is 17.9. The molecule has 0 saturated heterocycles. The molecule has 0 radical (unpaired) electrons. The Morgan fingerprint density at radius 2 is 1.50 bits per heavy atom. The summed E-state index contributed by atoms with van der Waals surface area (Å²) in [5, 5.41) is 3.06. The molecule has 1 unspecified atom stereocenters. The number of benzene rings is 3. The van der Waals surface area contributed by atoms with Gasteiger partial charge in [0, 0.05) is 12.6 Å². The Bertz CT molecular complexity index is 1040. The van der Waals surface area contributed by atoms with Gasteiger partial charge in [-0.05, 0) is 29.8 Å². The number of hydrogen-bond donors (Lipinski definition) is 1. The van der Waals surface area contributed by atoms with Crippen molar-refractivity contribution in [2.24, 2.45) is 0 Å². The average molecular weight is 341 g/mol. The SMILES string of the molecule is CC(=O)NC(c1ccccc1)c1nc2ccccc2n1-c1ccccc1. The number of aromatic nitrogens is 2. The van der Waals surface area contributed by atoms with Crippen molar-refractivity contribution in [1.82, 2.24) is 14.9 Å². The van der Waals surface area contributed by atoms with Crippen LogP contribution in [0.1, 0.15) is 24.4 Å². The fourth-order valence-electron chi connectivity index (χ4n) is 3.23. The van der Waals surface area contributed by atoms with Crippen LogP contribution in [0, 0.1) is 0 Å². The fraction of sp³-hybridized carbons (Fsp3) is 0.0909. The number of para-hydroxylation sites is 3. The van der Waals surface area contributed by atoms with Gasteiger partial charge >= 0.3 is 0 Å². The number of rotatable bonds is 4. The zero-order valence-electron chi connectivity index (χ0n) is 14.5. The molecule has 4 rings (SSSR count). The summed E-state index contributed by atoms with van der Waals surface area (Å²) in [6.45, 7) is 1.53. The van der Waals surface area contributed by atoms with Crippen molar-refractivity contribution in [1.29, 1.82) is 0 Å². The van der Waals surface area contributed by atoms with Gasteiger partial charge in [0.2, 0.25) is 5.91 Å². The first-order chi connectivity index (χ1) is 12.7. The van der Waals surface area contributed by atoms with Crippen LogP contribution in [0.4, 0.5) is 0 Å². The molecule has 4 nitrogen and oxygen atoms in total. The number of fused-ring (bicyclic) bond motifs is 1.